The van der Waals surface area contributed by atoms with E-state index in [1.54, 1.807) is 6.08 Å². The van der Waals surface area contributed by atoms with E-state index in [1.807, 2.05) is 30.3 Å². The molecule has 1 aromatic rings. The van der Waals surface area contributed by atoms with E-state index in [0.717, 1.165) is 10.5 Å². The molecule has 114 valence electrons. The summed E-state index contributed by atoms with van der Waals surface area (Å²) in [4.78, 5) is 34.6. The summed E-state index contributed by atoms with van der Waals surface area (Å²) in [7, 11) is 0. The highest BCUT2D eigenvalue weighted by molar-refractivity contribution is 6.31. The number of hydrogen-bond acceptors (Lipinski definition) is 4. The number of carboxylic acid groups (broad SMARTS) is 1. The summed E-state index contributed by atoms with van der Waals surface area (Å²) in [6, 6.07) is 9.17. The zero-order chi connectivity index (χ0) is 15.9. The van der Waals surface area contributed by atoms with Crippen molar-refractivity contribution in [3.63, 3.8) is 0 Å². The summed E-state index contributed by atoms with van der Waals surface area (Å²) in [5.41, 5.74) is 1.22. The molecule has 0 saturated heterocycles. The Balaban J connectivity index is 1.84. The fourth-order valence-corrected chi connectivity index (χ4v) is 1.79. The zero-order valence-corrected chi connectivity index (χ0v) is 11.6. The maximum absolute atomic E-state index is 11.7. The van der Waals surface area contributed by atoms with Crippen LogP contribution in [0.4, 0.5) is 4.79 Å². The second-order valence-electron chi connectivity index (χ2n) is 4.46. The van der Waals surface area contributed by atoms with Crippen molar-refractivity contribution in [1.82, 2.24) is 10.2 Å². The molecule has 0 aromatic heterocycles. The van der Waals surface area contributed by atoms with Gasteiger partial charge in [-0.2, -0.15) is 0 Å². The molecule has 7 nitrogen and oxygen atoms in total. The highest BCUT2D eigenvalue weighted by Crippen LogP contribution is 2.07. The van der Waals surface area contributed by atoms with Gasteiger partial charge in [0.15, 0.2) is 0 Å². The van der Waals surface area contributed by atoms with E-state index in [9.17, 15) is 14.4 Å². The molecule has 0 aliphatic carbocycles. The monoisotopic (exact) mass is 302 g/mol. The molecule has 0 spiro atoms. The van der Waals surface area contributed by atoms with Crippen molar-refractivity contribution in [2.24, 2.45) is 0 Å². The molecule has 0 fully saturated rings. The number of hydrogen-bond donors (Lipinski definition) is 2. The third-order valence-corrected chi connectivity index (χ3v) is 2.82. The number of ether oxygens (including phenoxy) is 1. The van der Waals surface area contributed by atoms with E-state index in [1.165, 1.54) is 12.3 Å². The maximum Gasteiger partial charge on any atom is 0.411 e. The Morgan fingerprint density at radius 2 is 1.95 bits per heavy atom. The van der Waals surface area contributed by atoms with Gasteiger partial charge in [-0.25, -0.2) is 9.59 Å². The van der Waals surface area contributed by atoms with Crippen molar-refractivity contribution in [3.8, 4) is 0 Å². The highest BCUT2D eigenvalue weighted by atomic mass is 16.5. The van der Waals surface area contributed by atoms with Gasteiger partial charge in [-0.05, 0) is 17.7 Å². The first-order chi connectivity index (χ1) is 10.6. The number of carboxylic acids is 1. The predicted molar refractivity (Wildman–Crippen MR) is 76.3 cm³/mol. The van der Waals surface area contributed by atoms with Crippen molar-refractivity contribution in [1.29, 1.82) is 0 Å². The summed E-state index contributed by atoms with van der Waals surface area (Å²) >= 11 is 0. The van der Waals surface area contributed by atoms with Crippen LogP contribution in [-0.4, -0.2) is 34.5 Å². The number of aliphatic carboxylic acids is 1. The molecule has 1 aromatic carbocycles. The van der Waals surface area contributed by atoms with Gasteiger partial charge in [-0.15, -0.1) is 0 Å². The SMILES string of the molecule is O=C(NC1=CC=CN(C(=O)C(=O)O)C1)OCc1ccccc1. The van der Waals surface area contributed by atoms with Gasteiger partial charge in [0.25, 0.3) is 0 Å². The minimum atomic E-state index is -1.56. The fourth-order valence-electron chi connectivity index (χ4n) is 1.79. The summed E-state index contributed by atoms with van der Waals surface area (Å²) in [6.07, 6.45) is 3.69. The van der Waals surface area contributed by atoms with Crippen LogP contribution >= 0.6 is 0 Å². The lowest BCUT2D eigenvalue weighted by Crippen LogP contribution is -2.38. The number of carbonyl (C=O) groups excluding carboxylic acids is 2. The highest BCUT2D eigenvalue weighted by Gasteiger charge is 2.22. The molecule has 2 rings (SSSR count). The van der Waals surface area contributed by atoms with Gasteiger partial charge >= 0.3 is 18.0 Å². The average molecular weight is 302 g/mol. The molecule has 0 unspecified atom stereocenters. The molecule has 22 heavy (non-hydrogen) atoms. The number of carbonyl (C=O) groups is 3. The van der Waals surface area contributed by atoms with Gasteiger partial charge in [0, 0.05) is 11.9 Å². The Labute approximate surface area is 126 Å². The molecule has 1 heterocycles. The van der Waals surface area contributed by atoms with Crippen LogP contribution in [0.2, 0.25) is 0 Å². The van der Waals surface area contributed by atoms with Gasteiger partial charge in [-0.3, -0.25) is 10.1 Å². The standard InChI is InChI=1S/C15H14N2O5/c18-13(14(19)20)17-8-4-7-12(9-17)16-15(21)22-10-11-5-2-1-3-6-11/h1-8H,9-10H2,(H,16,21)(H,19,20). The summed E-state index contributed by atoms with van der Waals surface area (Å²) in [5.74, 6) is -2.63. The molecule has 0 bridgehead atoms. The smallest absolute Gasteiger partial charge is 0.411 e. The van der Waals surface area contributed by atoms with Crippen molar-refractivity contribution in [2.75, 3.05) is 6.54 Å². The first-order valence-corrected chi connectivity index (χ1v) is 6.45. The number of nitrogens with zero attached hydrogens (tertiary/aromatic N) is 1. The lowest BCUT2D eigenvalue weighted by molar-refractivity contribution is -0.154. The van der Waals surface area contributed by atoms with Crippen LogP contribution in [0.3, 0.4) is 0 Å². The minimum Gasteiger partial charge on any atom is -0.474 e. The normalized spacial score (nSPS) is 13.3. The van der Waals surface area contributed by atoms with E-state index in [4.69, 9.17) is 9.84 Å². The third kappa shape index (κ3) is 4.20. The van der Waals surface area contributed by atoms with Gasteiger partial charge < -0.3 is 14.7 Å². The summed E-state index contributed by atoms with van der Waals surface area (Å²) in [6.45, 7) is 0.0790. The van der Waals surface area contributed by atoms with Gasteiger partial charge in [-0.1, -0.05) is 30.3 Å². The maximum atomic E-state index is 11.7. The van der Waals surface area contributed by atoms with E-state index < -0.39 is 18.0 Å². The topological polar surface area (TPSA) is 95.9 Å². The first kappa shape index (κ1) is 15.3. The van der Waals surface area contributed by atoms with Gasteiger partial charge in [0.05, 0.1) is 6.54 Å². The fraction of sp³-hybridized carbons (Fsp3) is 0.133. The predicted octanol–water partition coefficient (Wildman–Crippen LogP) is 1.24. The molecule has 2 amide bonds. The van der Waals surface area contributed by atoms with Crippen LogP contribution in [0, 0.1) is 0 Å². The number of rotatable bonds is 3. The Bertz CT molecular complexity index is 637. The molecule has 0 atom stereocenters. The zero-order valence-electron chi connectivity index (χ0n) is 11.6. The number of benzene rings is 1. The third-order valence-electron chi connectivity index (χ3n) is 2.82. The number of allylic oxidation sites excluding steroid dienone is 2. The molecule has 1 aliphatic rings. The Morgan fingerprint density at radius 1 is 1.23 bits per heavy atom. The second kappa shape index (κ2) is 7.07. The Morgan fingerprint density at radius 3 is 2.64 bits per heavy atom. The number of alkyl carbamates (subject to hydrolysis) is 1. The van der Waals surface area contributed by atoms with E-state index >= 15 is 0 Å². The van der Waals surface area contributed by atoms with Crippen LogP contribution in [0.1, 0.15) is 5.56 Å². The van der Waals surface area contributed by atoms with Gasteiger partial charge in [0.1, 0.15) is 6.61 Å². The molecule has 0 radical (unpaired) electrons. The first-order valence-electron chi connectivity index (χ1n) is 6.45. The summed E-state index contributed by atoms with van der Waals surface area (Å²) < 4.78 is 5.04. The Kier molecular flexibility index (Phi) is 4.92. The van der Waals surface area contributed by atoms with Crippen LogP contribution in [0.5, 0.6) is 0 Å². The van der Waals surface area contributed by atoms with E-state index in [0.29, 0.717) is 5.70 Å². The molecular formula is C15H14N2O5. The van der Waals surface area contributed by atoms with Crippen LogP contribution in [-0.2, 0) is 20.9 Å². The van der Waals surface area contributed by atoms with Crippen molar-refractivity contribution >= 4 is 18.0 Å². The quantitative estimate of drug-likeness (QED) is 0.819. The molecule has 1 aliphatic heterocycles. The molecule has 0 saturated carbocycles. The number of nitrogens with one attached hydrogen (secondary N) is 1. The van der Waals surface area contributed by atoms with Crippen LogP contribution in [0.15, 0.2) is 54.4 Å². The number of amides is 2. The second-order valence-corrected chi connectivity index (χ2v) is 4.46. The lowest BCUT2D eigenvalue weighted by Gasteiger charge is -2.21. The average Bonchev–Trinajstić information content (AvgIpc) is 2.53. The Hall–Kier alpha value is -3.09. The van der Waals surface area contributed by atoms with E-state index in [2.05, 4.69) is 5.32 Å². The largest absolute Gasteiger partial charge is 0.474 e. The van der Waals surface area contributed by atoms with Crippen LogP contribution < -0.4 is 5.32 Å². The van der Waals surface area contributed by atoms with Gasteiger partial charge in [0.2, 0.25) is 0 Å². The molecule has 2 N–H and O–H groups in total. The van der Waals surface area contributed by atoms with Crippen molar-refractivity contribution in [3.05, 3.63) is 59.9 Å². The minimum absolute atomic E-state index is 0.0396. The van der Waals surface area contributed by atoms with Crippen LogP contribution in [0.25, 0.3) is 0 Å². The molecular weight excluding hydrogens is 288 g/mol. The molecule has 7 heteroatoms. The van der Waals surface area contributed by atoms with Crippen molar-refractivity contribution in [2.45, 2.75) is 6.61 Å². The van der Waals surface area contributed by atoms with Crippen molar-refractivity contribution < 1.29 is 24.2 Å². The summed E-state index contributed by atoms with van der Waals surface area (Å²) in [5, 5.41) is 11.1. The van der Waals surface area contributed by atoms with E-state index in [-0.39, 0.29) is 13.2 Å². The lowest BCUT2D eigenvalue weighted by atomic mass is 10.2.